The Morgan fingerprint density at radius 1 is 1.29 bits per heavy atom. The molecule has 0 heterocycles. The summed E-state index contributed by atoms with van der Waals surface area (Å²) in [4.78, 5) is 0. The lowest BCUT2D eigenvalue weighted by molar-refractivity contribution is -0.137. The second kappa shape index (κ2) is 4.92. The molecule has 2 N–H and O–H groups in total. The SMILES string of the molecule is N#CC(O)C(O)c1ccc(C(F)(F)F)cc1Cl. The van der Waals surface area contributed by atoms with Crippen LogP contribution < -0.4 is 0 Å². The first kappa shape index (κ1) is 13.8. The lowest BCUT2D eigenvalue weighted by Gasteiger charge is -2.15. The molecule has 17 heavy (non-hydrogen) atoms. The first-order valence-electron chi connectivity index (χ1n) is 4.39. The number of benzene rings is 1. The summed E-state index contributed by atoms with van der Waals surface area (Å²) in [6, 6.07) is 3.63. The van der Waals surface area contributed by atoms with Crippen molar-refractivity contribution in [2.45, 2.75) is 18.4 Å². The molecule has 0 radical (unpaired) electrons. The van der Waals surface area contributed by atoms with Gasteiger partial charge in [-0.1, -0.05) is 17.7 Å². The van der Waals surface area contributed by atoms with E-state index in [9.17, 15) is 18.3 Å². The van der Waals surface area contributed by atoms with Crippen LogP contribution in [0.15, 0.2) is 18.2 Å². The Labute approximate surface area is 99.7 Å². The van der Waals surface area contributed by atoms with E-state index < -0.39 is 23.9 Å². The minimum atomic E-state index is -4.54. The summed E-state index contributed by atoms with van der Waals surface area (Å²) in [7, 11) is 0. The quantitative estimate of drug-likeness (QED) is 0.806. The lowest BCUT2D eigenvalue weighted by atomic mass is 10.0. The largest absolute Gasteiger partial charge is 0.416 e. The maximum atomic E-state index is 12.3. The van der Waals surface area contributed by atoms with Crippen LogP contribution in [0.2, 0.25) is 5.02 Å². The maximum absolute atomic E-state index is 12.3. The molecule has 2 atom stereocenters. The van der Waals surface area contributed by atoms with Crippen molar-refractivity contribution in [3.63, 3.8) is 0 Å². The first-order chi connectivity index (χ1) is 7.77. The summed E-state index contributed by atoms with van der Waals surface area (Å²) in [5.74, 6) is 0. The molecule has 0 aliphatic carbocycles. The van der Waals surface area contributed by atoms with Crippen molar-refractivity contribution >= 4 is 11.6 Å². The van der Waals surface area contributed by atoms with Gasteiger partial charge >= 0.3 is 6.18 Å². The molecule has 0 spiro atoms. The minimum absolute atomic E-state index is 0.131. The van der Waals surface area contributed by atoms with Gasteiger partial charge in [0, 0.05) is 10.6 Å². The van der Waals surface area contributed by atoms with Gasteiger partial charge in [-0.05, 0) is 12.1 Å². The molecule has 0 aliphatic heterocycles. The fourth-order valence-corrected chi connectivity index (χ4v) is 1.48. The lowest BCUT2D eigenvalue weighted by Crippen LogP contribution is -2.16. The zero-order valence-electron chi connectivity index (χ0n) is 8.24. The number of alkyl halides is 3. The highest BCUT2D eigenvalue weighted by atomic mass is 35.5. The highest BCUT2D eigenvalue weighted by molar-refractivity contribution is 6.31. The Balaban J connectivity index is 3.11. The van der Waals surface area contributed by atoms with Crippen molar-refractivity contribution < 1.29 is 23.4 Å². The Kier molecular flexibility index (Phi) is 3.98. The van der Waals surface area contributed by atoms with E-state index in [0.717, 1.165) is 6.07 Å². The molecule has 0 aromatic heterocycles. The van der Waals surface area contributed by atoms with Crippen LogP contribution in [0.1, 0.15) is 17.2 Å². The van der Waals surface area contributed by atoms with E-state index in [1.165, 1.54) is 6.07 Å². The Morgan fingerprint density at radius 3 is 2.29 bits per heavy atom. The van der Waals surface area contributed by atoms with Gasteiger partial charge in [-0.3, -0.25) is 0 Å². The topological polar surface area (TPSA) is 64.2 Å². The Bertz CT molecular complexity index is 456. The number of halogens is 4. The Morgan fingerprint density at radius 2 is 1.88 bits per heavy atom. The molecule has 1 aromatic carbocycles. The predicted octanol–water partition coefficient (Wildman–Crippen LogP) is 2.28. The number of hydrogen-bond acceptors (Lipinski definition) is 3. The number of aliphatic hydroxyl groups is 2. The van der Waals surface area contributed by atoms with Crippen LogP contribution in [0.3, 0.4) is 0 Å². The number of hydrogen-bond donors (Lipinski definition) is 2. The van der Waals surface area contributed by atoms with Crippen molar-refractivity contribution in [2.24, 2.45) is 0 Å². The maximum Gasteiger partial charge on any atom is 0.416 e. The second-order valence-electron chi connectivity index (χ2n) is 3.25. The van der Waals surface area contributed by atoms with Crippen LogP contribution in [-0.4, -0.2) is 16.3 Å². The number of nitriles is 1. The molecule has 7 heteroatoms. The van der Waals surface area contributed by atoms with Crippen molar-refractivity contribution in [3.8, 4) is 6.07 Å². The molecule has 0 saturated heterocycles. The smallest absolute Gasteiger partial charge is 0.384 e. The van der Waals surface area contributed by atoms with Crippen LogP contribution in [0.25, 0.3) is 0 Å². The average Bonchev–Trinajstić information content (AvgIpc) is 2.25. The molecule has 2 unspecified atom stereocenters. The molecule has 0 amide bonds. The van der Waals surface area contributed by atoms with Gasteiger partial charge in [0.05, 0.1) is 11.6 Å². The van der Waals surface area contributed by atoms with E-state index in [-0.39, 0.29) is 10.6 Å². The van der Waals surface area contributed by atoms with Crippen LogP contribution in [0.5, 0.6) is 0 Å². The summed E-state index contributed by atoms with van der Waals surface area (Å²) in [6.07, 6.45) is -7.93. The monoisotopic (exact) mass is 265 g/mol. The van der Waals surface area contributed by atoms with Crippen LogP contribution in [0, 0.1) is 11.3 Å². The molecule has 0 saturated carbocycles. The van der Waals surface area contributed by atoms with Crippen molar-refractivity contribution in [1.82, 2.24) is 0 Å². The van der Waals surface area contributed by atoms with Gasteiger partial charge in [0.25, 0.3) is 0 Å². The summed E-state index contributed by atoms with van der Waals surface area (Å²) in [5, 5.41) is 26.5. The molecule has 3 nitrogen and oxygen atoms in total. The fraction of sp³-hybridized carbons (Fsp3) is 0.300. The number of nitrogens with zero attached hydrogens (tertiary/aromatic N) is 1. The molecule has 0 aliphatic rings. The van der Waals surface area contributed by atoms with E-state index in [4.69, 9.17) is 22.0 Å². The van der Waals surface area contributed by atoms with Gasteiger partial charge in [-0.15, -0.1) is 0 Å². The summed E-state index contributed by atoms with van der Waals surface area (Å²) in [5.41, 5.74) is -1.10. The average molecular weight is 266 g/mol. The molecule has 92 valence electrons. The summed E-state index contributed by atoms with van der Waals surface area (Å²) in [6.45, 7) is 0. The molecule has 0 bridgehead atoms. The van der Waals surface area contributed by atoms with Crippen molar-refractivity contribution in [1.29, 1.82) is 5.26 Å². The minimum Gasteiger partial charge on any atom is -0.384 e. The molecule has 1 rings (SSSR count). The van der Waals surface area contributed by atoms with Crippen molar-refractivity contribution in [2.75, 3.05) is 0 Å². The van der Waals surface area contributed by atoms with E-state index in [1.54, 1.807) is 0 Å². The van der Waals surface area contributed by atoms with Crippen molar-refractivity contribution in [3.05, 3.63) is 34.3 Å². The van der Waals surface area contributed by atoms with Gasteiger partial charge in [-0.25, -0.2) is 0 Å². The third-order valence-electron chi connectivity index (χ3n) is 2.08. The van der Waals surface area contributed by atoms with E-state index in [1.807, 2.05) is 0 Å². The van der Waals surface area contributed by atoms with Gasteiger partial charge < -0.3 is 10.2 Å². The Hall–Kier alpha value is -1.29. The predicted molar refractivity (Wildman–Crippen MR) is 53.0 cm³/mol. The summed E-state index contributed by atoms with van der Waals surface area (Å²) >= 11 is 5.55. The standard InChI is InChI=1S/C10H7ClF3NO2/c11-7-3-5(10(12,13)14)1-2-6(7)9(17)8(16)4-15/h1-3,8-9,16-17H. The molecular formula is C10H7ClF3NO2. The van der Waals surface area contributed by atoms with Gasteiger partial charge in [0.2, 0.25) is 0 Å². The second-order valence-corrected chi connectivity index (χ2v) is 3.66. The van der Waals surface area contributed by atoms with E-state index in [0.29, 0.717) is 12.1 Å². The number of rotatable bonds is 2. The first-order valence-corrected chi connectivity index (χ1v) is 4.77. The van der Waals surface area contributed by atoms with Crippen LogP contribution in [-0.2, 0) is 6.18 Å². The van der Waals surface area contributed by atoms with Gasteiger partial charge in [0.1, 0.15) is 6.10 Å². The molecule has 1 aromatic rings. The van der Waals surface area contributed by atoms with Gasteiger partial charge in [0.15, 0.2) is 6.10 Å². The van der Waals surface area contributed by atoms with Crippen LogP contribution in [0.4, 0.5) is 13.2 Å². The molecule has 0 fully saturated rings. The third-order valence-corrected chi connectivity index (χ3v) is 2.41. The van der Waals surface area contributed by atoms with Crippen LogP contribution >= 0.6 is 11.6 Å². The number of aliphatic hydroxyl groups excluding tert-OH is 2. The third kappa shape index (κ3) is 3.09. The van der Waals surface area contributed by atoms with Gasteiger partial charge in [-0.2, -0.15) is 18.4 Å². The van der Waals surface area contributed by atoms with E-state index >= 15 is 0 Å². The summed E-state index contributed by atoms with van der Waals surface area (Å²) < 4.78 is 36.9. The van der Waals surface area contributed by atoms with E-state index in [2.05, 4.69) is 0 Å². The zero-order chi connectivity index (χ0) is 13.2. The normalized spacial score (nSPS) is 15.1. The highest BCUT2D eigenvalue weighted by Gasteiger charge is 2.31. The fourth-order valence-electron chi connectivity index (χ4n) is 1.18. The zero-order valence-corrected chi connectivity index (χ0v) is 9.00. The highest BCUT2D eigenvalue weighted by Crippen LogP contribution is 2.34. The molecular weight excluding hydrogens is 259 g/mol.